The lowest BCUT2D eigenvalue weighted by atomic mass is 10.2. The Balaban J connectivity index is 1.55. The number of anilines is 1. The van der Waals surface area contributed by atoms with E-state index in [4.69, 9.17) is 0 Å². The van der Waals surface area contributed by atoms with Crippen molar-refractivity contribution in [3.63, 3.8) is 0 Å². The second-order valence-corrected chi connectivity index (χ2v) is 6.45. The Labute approximate surface area is 146 Å². The number of pyridine rings is 2. The Morgan fingerprint density at radius 1 is 1.22 bits per heavy atom. The topological polar surface area (TPSA) is 67.8 Å². The van der Waals surface area contributed by atoms with Gasteiger partial charge in [0.1, 0.15) is 9.61 Å². The van der Waals surface area contributed by atoms with Crippen LogP contribution in [-0.4, -0.2) is 20.9 Å². The fourth-order valence-corrected chi connectivity index (χ4v) is 3.01. The molecule has 0 bridgehead atoms. The molecule has 3 aromatic rings. The van der Waals surface area contributed by atoms with Crippen molar-refractivity contribution in [3.8, 4) is 10.7 Å². The smallest absolute Gasteiger partial charge is 0.224 e. The van der Waals surface area contributed by atoms with Crippen LogP contribution in [0.1, 0.15) is 12.1 Å². The van der Waals surface area contributed by atoms with Gasteiger partial charge >= 0.3 is 0 Å². The van der Waals surface area contributed by atoms with Crippen LogP contribution < -0.4 is 5.32 Å². The molecule has 116 valence electrons. The maximum Gasteiger partial charge on any atom is 0.224 e. The fourth-order valence-electron chi connectivity index (χ4n) is 1.94. The summed E-state index contributed by atoms with van der Waals surface area (Å²) in [6.07, 6.45) is 4.33. The van der Waals surface area contributed by atoms with Gasteiger partial charge in [-0.15, -0.1) is 11.3 Å². The average molecular weight is 389 g/mol. The molecule has 3 rings (SSSR count). The molecule has 0 saturated heterocycles. The molecule has 0 aliphatic carbocycles. The number of halogens is 1. The van der Waals surface area contributed by atoms with E-state index in [2.05, 4.69) is 36.2 Å². The van der Waals surface area contributed by atoms with Crippen LogP contribution in [0, 0.1) is 0 Å². The number of carbonyl (C=O) groups is 1. The zero-order valence-electron chi connectivity index (χ0n) is 12.1. The van der Waals surface area contributed by atoms with Crippen molar-refractivity contribution in [1.82, 2.24) is 15.0 Å². The lowest BCUT2D eigenvalue weighted by Gasteiger charge is -2.03. The SMILES string of the molecule is O=C(CCc1csc(-c2ccccn2)n1)Nc1ccc(Br)nc1. The minimum atomic E-state index is -0.0542. The van der Waals surface area contributed by atoms with Gasteiger partial charge in [0.25, 0.3) is 0 Å². The molecule has 0 unspecified atom stereocenters. The third kappa shape index (κ3) is 4.43. The van der Waals surface area contributed by atoms with E-state index in [1.807, 2.05) is 23.6 Å². The van der Waals surface area contributed by atoms with E-state index >= 15 is 0 Å². The van der Waals surface area contributed by atoms with E-state index in [0.717, 1.165) is 21.0 Å². The summed E-state index contributed by atoms with van der Waals surface area (Å²) in [6, 6.07) is 9.32. The molecule has 0 aromatic carbocycles. The highest BCUT2D eigenvalue weighted by Gasteiger charge is 2.08. The summed E-state index contributed by atoms with van der Waals surface area (Å²) in [5, 5.41) is 5.66. The van der Waals surface area contributed by atoms with E-state index in [1.165, 1.54) is 11.3 Å². The standard InChI is InChI=1S/C16H13BrN4OS/c17-14-6-4-11(9-19-14)20-15(22)7-5-12-10-23-16(21-12)13-3-1-2-8-18-13/h1-4,6,8-10H,5,7H2,(H,20,22). The minimum Gasteiger partial charge on any atom is -0.325 e. The summed E-state index contributed by atoms with van der Waals surface area (Å²) in [5.74, 6) is -0.0542. The molecule has 0 atom stereocenters. The zero-order valence-corrected chi connectivity index (χ0v) is 14.5. The quantitative estimate of drug-likeness (QED) is 0.672. The minimum absolute atomic E-state index is 0.0542. The van der Waals surface area contributed by atoms with Gasteiger partial charge < -0.3 is 5.32 Å². The van der Waals surface area contributed by atoms with E-state index in [9.17, 15) is 4.79 Å². The highest BCUT2D eigenvalue weighted by molar-refractivity contribution is 9.10. The van der Waals surface area contributed by atoms with E-state index in [1.54, 1.807) is 24.5 Å². The van der Waals surface area contributed by atoms with E-state index in [0.29, 0.717) is 18.5 Å². The number of aromatic nitrogens is 3. The van der Waals surface area contributed by atoms with Crippen LogP contribution in [0.3, 0.4) is 0 Å². The van der Waals surface area contributed by atoms with Crippen LogP contribution in [-0.2, 0) is 11.2 Å². The molecule has 23 heavy (non-hydrogen) atoms. The van der Waals surface area contributed by atoms with Gasteiger partial charge in [-0.1, -0.05) is 6.07 Å². The summed E-state index contributed by atoms with van der Waals surface area (Å²) in [4.78, 5) is 24.8. The van der Waals surface area contributed by atoms with Crippen LogP contribution in [0.25, 0.3) is 10.7 Å². The highest BCUT2D eigenvalue weighted by atomic mass is 79.9. The lowest BCUT2D eigenvalue weighted by Crippen LogP contribution is -2.12. The Morgan fingerprint density at radius 3 is 2.87 bits per heavy atom. The molecule has 0 radical (unpaired) electrons. The Morgan fingerprint density at radius 2 is 2.13 bits per heavy atom. The lowest BCUT2D eigenvalue weighted by molar-refractivity contribution is -0.116. The number of thiazole rings is 1. The van der Waals surface area contributed by atoms with Crippen molar-refractivity contribution in [3.05, 3.63) is 58.4 Å². The molecule has 0 aliphatic heterocycles. The molecule has 0 aliphatic rings. The second kappa shape index (κ2) is 7.43. The van der Waals surface area contributed by atoms with Gasteiger partial charge in [0, 0.05) is 18.0 Å². The van der Waals surface area contributed by atoms with Gasteiger partial charge in [-0.25, -0.2) is 9.97 Å². The normalized spacial score (nSPS) is 10.5. The first-order valence-electron chi connectivity index (χ1n) is 6.98. The number of amides is 1. The van der Waals surface area contributed by atoms with Crippen LogP contribution in [0.4, 0.5) is 5.69 Å². The van der Waals surface area contributed by atoms with Crippen molar-refractivity contribution in [2.45, 2.75) is 12.8 Å². The molecule has 1 N–H and O–H groups in total. The van der Waals surface area contributed by atoms with Crippen molar-refractivity contribution in [2.75, 3.05) is 5.32 Å². The van der Waals surface area contributed by atoms with Gasteiger partial charge in [0.05, 0.1) is 23.3 Å². The van der Waals surface area contributed by atoms with Crippen LogP contribution in [0.15, 0.2) is 52.7 Å². The zero-order chi connectivity index (χ0) is 16.1. The molecular weight excluding hydrogens is 376 g/mol. The van der Waals surface area contributed by atoms with Gasteiger partial charge in [-0.05, 0) is 46.6 Å². The predicted molar refractivity (Wildman–Crippen MR) is 94.2 cm³/mol. The third-order valence-corrected chi connectivity index (χ3v) is 4.44. The van der Waals surface area contributed by atoms with Crippen molar-refractivity contribution in [1.29, 1.82) is 0 Å². The number of hydrogen-bond donors (Lipinski definition) is 1. The number of rotatable bonds is 5. The van der Waals surface area contributed by atoms with Gasteiger partial charge in [-0.3, -0.25) is 9.78 Å². The van der Waals surface area contributed by atoms with E-state index in [-0.39, 0.29) is 5.91 Å². The van der Waals surface area contributed by atoms with Crippen LogP contribution >= 0.6 is 27.3 Å². The molecule has 1 amide bonds. The summed E-state index contributed by atoms with van der Waals surface area (Å²) >= 11 is 4.80. The first kappa shape index (κ1) is 15.8. The average Bonchev–Trinajstić information content (AvgIpc) is 3.05. The third-order valence-electron chi connectivity index (χ3n) is 3.06. The van der Waals surface area contributed by atoms with Crippen molar-refractivity contribution < 1.29 is 4.79 Å². The Kier molecular flexibility index (Phi) is 5.09. The Bertz CT molecular complexity index is 789. The molecule has 3 heterocycles. The van der Waals surface area contributed by atoms with Gasteiger partial charge in [0.2, 0.25) is 5.91 Å². The second-order valence-electron chi connectivity index (χ2n) is 4.78. The number of aryl methyl sites for hydroxylation is 1. The van der Waals surface area contributed by atoms with Gasteiger partial charge in [0.15, 0.2) is 0 Å². The Hall–Kier alpha value is -2.12. The number of hydrogen-bond acceptors (Lipinski definition) is 5. The largest absolute Gasteiger partial charge is 0.325 e. The predicted octanol–water partition coefficient (Wildman–Crippen LogP) is 3.93. The summed E-state index contributed by atoms with van der Waals surface area (Å²) in [7, 11) is 0. The first-order valence-corrected chi connectivity index (χ1v) is 8.65. The van der Waals surface area contributed by atoms with Crippen LogP contribution in [0.2, 0.25) is 0 Å². The van der Waals surface area contributed by atoms with Crippen molar-refractivity contribution in [2.24, 2.45) is 0 Å². The molecule has 3 aromatic heterocycles. The fraction of sp³-hybridized carbons (Fsp3) is 0.125. The number of nitrogens with zero attached hydrogens (tertiary/aromatic N) is 3. The molecule has 0 spiro atoms. The molecule has 0 saturated carbocycles. The molecular formula is C16H13BrN4OS. The summed E-state index contributed by atoms with van der Waals surface area (Å²) in [5.41, 5.74) is 2.44. The van der Waals surface area contributed by atoms with Gasteiger partial charge in [-0.2, -0.15) is 0 Å². The number of carbonyl (C=O) groups excluding carboxylic acids is 1. The monoisotopic (exact) mass is 388 g/mol. The van der Waals surface area contributed by atoms with Crippen molar-refractivity contribution >= 4 is 38.9 Å². The maximum absolute atomic E-state index is 12.0. The van der Waals surface area contributed by atoms with Crippen LogP contribution in [0.5, 0.6) is 0 Å². The summed E-state index contributed by atoms with van der Waals surface area (Å²) < 4.78 is 0.736. The van der Waals surface area contributed by atoms with E-state index < -0.39 is 0 Å². The molecule has 5 nitrogen and oxygen atoms in total. The molecule has 0 fully saturated rings. The number of nitrogens with one attached hydrogen (secondary N) is 1. The maximum atomic E-state index is 12.0. The first-order chi connectivity index (χ1) is 11.2. The highest BCUT2D eigenvalue weighted by Crippen LogP contribution is 2.22. The summed E-state index contributed by atoms with van der Waals surface area (Å²) in [6.45, 7) is 0. The molecule has 7 heteroatoms.